The Morgan fingerprint density at radius 1 is 1.24 bits per heavy atom. The molecule has 0 aromatic heterocycles. The summed E-state index contributed by atoms with van der Waals surface area (Å²) in [6.45, 7) is 0. The van der Waals surface area contributed by atoms with Gasteiger partial charge in [-0.3, -0.25) is 10.1 Å². The largest absolute Gasteiger partial charge is 0.478 e. The highest BCUT2D eigenvalue weighted by Gasteiger charge is 2.18. The number of carbonyl (C=O) groups is 1. The number of ether oxygens (including phenoxy) is 1. The van der Waals surface area contributed by atoms with Crippen LogP contribution in [0.5, 0.6) is 11.5 Å². The lowest BCUT2D eigenvalue weighted by atomic mass is 10.2. The second kappa shape index (κ2) is 5.88. The fourth-order valence-electron chi connectivity index (χ4n) is 1.55. The summed E-state index contributed by atoms with van der Waals surface area (Å²) >= 11 is 3.14. The Labute approximate surface area is 126 Å². The first-order valence-corrected chi connectivity index (χ1v) is 6.32. The Bertz CT molecular complexity index is 734. The van der Waals surface area contributed by atoms with E-state index < -0.39 is 22.4 Å². The van der Waals surface area contributed by atoms with Crippen molar-refractivity contribution in [2.75, 3.05) is 0 Å². The molecular formula is C13H7BrFNO5. The number of benzene rings is 2. The van der Waals surface area contributed by atoms with Gasteiger partial charge in [0.1, 0.15) is 11.6 Å². The van der Waals surface area contributed by atoms with Crippen LogP contribution in [0, 0.1) is 15.9 Å². The van der Waals surface area contributed by atoms with E-state index in [2.05, 4.69) is 15.9 Å². The summed E-state index contributed by atoms with van der Waals surface area (Å²) in [6, 6.07) is 6.70. The molecule has 2 aromatic carbocycles. The molecule has 8 heteroatoms. The molecule has 21 heavy (non-hydrogen) atoms. The summed E-state index contributed by atoms with van der Waals surface area (Å²) in [5, 5.41) is 19.8. The standard InChI is InChI=1S/C13H7BrFNO5/c14-9-3-1-7(13(17)18)5-11(9)21-12-6-8(15)2-4-10(12)16(19)20/h1-6H,(H,17,18). The van der Waals surface area contributed by atoms with Gasteiger partial charge < -0.3 is 9.84 Å². The maximum Gasteiger partial charge on any atom is 0.335 e. The van der Waals surface area contributed by atoms with Crippen LogP contribution in [0.15, 0.2) is 40.9 Å². The quantitative estimate of drug-likeness (QED) is 0.661. The fourth-order valence-corrected chi connectivity index (χ4v) is 1.88. The minimum atomic E-state index is -1.18. The average Bonchev–Trinajstić information content (AvgIpc) is 2.40. The normalized spacial score (nSPS) is 10.2. The van der Waals surface area contributed by atoms with Gasteiger partial charge in [-0.1, -0.05) is 0 Å². The number of halogens is 2. The number of aromatic carboxylic acids is 1. The van der Waals surface area contributed by atoms with Crippen LogP contribution in [0.1, 0.15) is 10.4 Å². The molecule has 0 radical (unpaired) electrons. The van der Waals surface area contributed by atoms with Crippen LogP contribution in [0.2, 0.25) is 0 Å². The van der Waals surface area contributed by atoms with Gasteiger partial charge >= 0.3 is 11.7 Å². The van der Waals surface area contributed by atoms with Crippen LogP contribution in [0.25, 0.3) is 0 Å². The smallest absolute Gasteiger partial charge is 0.335 e. The molecule has 0 unspecified atom stereocenters. The first kappa shape index (κ1) is 14.9. The number of nitro benzene ring substituents is 1. The lowest BCUT2D eigenvalue weighted by molar-refractivity contribution is -0.385. The van der Waals surface area contributed by atoms with Crippen molar-refractivity contribution >= 4 is 27.6 Å². The number of carboxylic acid groups (broad SMARTS) is 1. The highest BCUT2D eigenvalue weighted by molar-refractivity contribution is 9.10. The van der Waals surface area contributed by atoms with E-state index in [1.807, 2.05) is 0 Å². The Kier molecular flexibility index (Phi) is 4.18. The summed E-state index contributed by atoms with van der Waals surface area (Å²) in [6.07, 6.45) is 0. The molecule has 0 saturated carbocycles. The monoisotopic (exact) mass is 355 g/mol. The van der Waals surface area contributed by atoms with Crippen molar-refractivity contribution in [2.45, 2.75) is 0 Å². The molecule has 0 amide bonds. The van der Waals surface area contributed by atoms with Gasteiger partial charge in [0.25, 0.3) is 0 Å². The zero-order valence-electron chi connectivity index (χ0n) is 10.2. The average molecular weight is 356 g/mol. The fraction of sp³-hybridized carbons (Fsp3) is 0. The van der Waals surface area contributed by atoms with Gasteiger partial charge in [0.2, 0.25) is 5.75 Å². The van der Waals surface area contributed by atoms with Gasteiger partial charge in [0.05, 0.1) is 15.0 Å². The maximum absolute atomic E-state index is 13.2. The zero-order chi connectivity index (χ0) is 15.6. The van der Waals surface area contributed by atoms with E-state index in [1.165, 1.54) is 18.2 Å². The molecular weight excluding hydrogens is 349 g/mol. The molecule has 2 aromatic rings. The maximum atomic E-state index is 13.2. The summed E-state index contributed by atoms with van der Waals surface area (Å²) in [5.41, 5.74) is -0.490. The molecule has 0 atom stereocenters. The molecule has 2 rings (SSSR count). The van der Waals surface area contributed by atoms with E-state index in [0.717, 1.165) is 18.2 Å². The summed E-state index contributed by atoms with van der Waals surface area (Å²) in [4.78, 5) is 21.1. The number of hydrogen-bond donors (Lipinski definition) is 1. The molecule has 0 bridgehead atoms. The van der Waals surface area contributed by atoms with Crippen LogP contribution < -0.4 is 4.74 Å². The van der Waals surface area contributed by atoms with E-state index in [1.54, 1.807) is 0 Å². The second-order valence-corrected chi connectivity index (χ2v) is 4.78. The van der Waals surface area contributed by atoms with E-state index >= 15 is 0 Å². The van der Waals surface area contributed by atoms with Crippen LogP contribution in [-0.2, 0) is 0 Å². The third kappa shape index (κ3) is 3.34. The number of hydrogen-bond acceptors (Lipinski definition) is 4. The van der Waals surface area contributed by atoms with Gasteiger partial charge in [-0.2, -0.15) is 0 Å². The minimum Gasteiger partial charge on any atom is -0.478 e. The zero-order valence-corrected chi connectivity index (χ0v) is 11.8. The van der Waals surface area contributed by atoms with Crippen molar-refractivity contribution in [3.8, 4) is 11.5 Å². The molecule has 1 N–H and O–H groups in total. The Hall–Kier alpha value is -2.48. The van der Waals surface area contributed by atoms with Crippen molar-refractivity contribution in [3.05, 3.63) is 62.4 Å². The topological polar surface area (TPSA) is 89.7 Å². The van der Waals surface area contributed by atoms with E-state index in [9.17, 15) is 19.3 Å². The van der Waals surface area contributed by atoms with Crippen LogP contribution in [0.3, 0.4) is 0 Å². The van der Waals surface area contributed by atoms with Crippen molar-refractivity contribution in [1.29, 1.82) is 0 Å². The van der Waals surface area contributed by atoms with E-state index in [0.29, 0.717) is 4.47 Å². The lowest BCUT2D eigenvalue weighted by Crippen LogP contribution is -1.98. The van der Waals surface area contributed by atoms with Crippen molar-refractivity contribution in [1.82, 2.24) is 0 Å². The third-order valence-corrected chi connectivity index (χ3v) is 3.17. The van der Waals surface area contributed by atoms with E-state index in [-0.39, 0.29) is 17.1 Å². The summed E-state index contributed by atoms with van der Waals surface area (Å²) in [7, 11) is 0. The van der Waals surface area contributed by atoms with Gasteiger partial charge in [-0.15, -0.1) is 0 Å². The second-order valence-electron chi connectivity index (χ2n) is 3.92. The molecule has 0 spiro atoms. The first-order chi connectivity index (χ1) is 9.88. The highest BCUT2D eigenvalue weighted by atomic mass is 79.9. The lowest BCUT2D eigenvalue weighted by Gasteiger charge is -2.09. The molecule has 0 aliphatic rings. The molecule has 0 aliphatic heterocycles. The van der Waals surface area contributed by atoms with Gasteiger partial charge in [-0.25, -0.2) is 9.18 Å². The number of rotatable bonds is 4. The molecule has 6 nitrogen and oxygen atoms in total. The molecule has 0 fully saturated rings. The Morgan fingerprint density at radius 2 is 1.95 bits per heavy atom. The van der Waals surface area contributed by atoms with Crippen LogP contribution in [-0.4, -0.2) is 16.0 Å². The Balaban J connectivity index is 2.47. The predicted octanol–water partition coefficient (Wildman–Crippen LogP) is 3.99. The van der Waals surface area contributed by atoms with Gasteiger partial charge in [0.15, 0.2) is 0 Å². The number of carboxylic acids is 1. The SMILES string of the molecule is O=C(O)c1ccc(Br)c(Oc2cc(F)ccc2[N+](=O)[O-])c1. The summed E-state index contributed by atoms with van der Waals surface area (Å²) < 4.78 is 18.9. The summed E-state index contributed by atoms with van der Waals surface area (Å²) in [5.74, 6) is -2.17. The van der Waals surface area contributed by atoms with E-state index in [4.69, 9.17) is 9.84 Å². The molecule has 108 valence electrons. The van der Waals surface area contributed by atoms with Gasteiger partial charge in [-0.05, 0) is 40.2 Å². The molecule has 0 saturated heterocycles. The molecule has 0 aliphatic carbocycles. The van der Waals surface area contributed by atoms with Crippen LogP contribution >= 0.6 is 15.9 Å². The minimum absolute atomic E-state index is 0.0311. The van der Waals surface area contributed by atoms with Crippen molar-refractivity contribution < 1.29 is 24.0 Å². The van der Waals surface area contributed by atoms with Crippen molar-refractivity contribution in [3.63, 3.8) is 0 Å². The van der Waals surface area contributed by atoms with Crippen LogP contribution in [0.4, 0.5) is 10.1 Å². The van der Waals surface area contributed by atoms with Crippen molar-refractivity contribution in [2.24, 2.45) is 0 Å². The number of nitro groups is 1. The third-order valence-electron chi connectivity index (χ3n) is 2.52. The highest BCUT2D eigenvalue weighted by Crippen LogP contribution is 2.35. The molecule has 0 heterocycles. The number of nitrogens with zero attached hydrogens (tertiary/aromatic N) is 1. The Morgan fingerprint density at radius 3 is 2.57 bits per heavy atom. The predicted molar refractivity (Wildman–Crippen MR) is 74.2 cm³/mol. The first-order valence-electron chi connectivity index (χ1n) is 5.53. The van der Waals surface area contributed by atoms with Gasteiger partial charge in [0, 0.05) is 12.1 Å².